The van der Waals surface area contributed by atoms with Gasteiger partial charge in [0.15, 0.2) is 5.78 Å². The average molecular weight is 871 g/mol. The number of rotatable bonds is 11. The summed E-state index contributed by atoms with van der Waals surface area (Å²) in [5.41, 5.74) is 6.11. The van der Waals surface area contributed by atoms with Crippen molar-refractivity contribution in [2.75, 3.05) is 36.0 Å². The van der Waals surface area contributed by atoms with Crippen molar-refractivity contribution in [2.24, 2.45) is 18.9 Å². The molecule has 2 aliphatic heterocycles. The molecule has 0 saturated carbocycles. The first kappa shape index (κ1) is 41.2. The predicted molar refractivity (Wildman–Crippen MR) is 256 cm³/mol. The molecule has 64 heavy (non-hydrogen) atoms. The van der Waals surface area contributed by atoms with Crippen molar-refractivity contribution >= 4 is 49.5 Å². The number of aliphatic hydroxyl groups is 1. The first-order valence-corrected chi connectivity index (χ1v) is 22.7. The van der Waals surface area contributed by atoms with Crippen LogP contribution in [0.2, 0.25) is 0 Å². The Morgan fingerprint density at radius 3 is 2.19 bits per heavy atom. The number of aromatic nitrogens is 2. The molecule has 2 aliphatic rings. The van der Waals surface area contributed by atoms with E-state index in [4.69, 9.17) is 4.74 Å². The number of H-pyrrole nitrogens is 1. The predicted octanol–water partition coefficient (Wildman–Crippen LogP) is 10.8. The van der Waals surface area contributed by atoms with Crippen LogP contribution in [0.3, 0.4) is 0 Å². The van der Waals surface area contributed by atoms with Gasteiger partial charge in [-0.05, 0) is 165 Å². The number of hydrogen-bond donors (Lipinski definition) is 4. The molecule has 5 aromatic carbocycles. The number of aromatic hydroxyl groups is 2. The summed E-state index contributed by atoms with van der Waals surface area (Å²) in [4.78, 5) is 35.7. The Kier molecular flexibility index (Phi) is 10.5. The van der Waals surface area contributed by atoms with Crippen molar-refractivity contribution in [1.82, 2.24) is 9.55 Å². The maximum absolute atomic E-state index is 14.1. The molecule has 324 valence electrons. The molecule has 0 amide bonds. The highest BCUT2D eigenvalue weighted by atomic mass is 32.1. The van der Waals surface area contributed by atoms with Crippen LogP contribution in [-0.4, -0.2) is 56.8 Å². The molecular weight excluding hydrogens is 821 g/mol. The fourth-order valence-corrected chi connectivity index (χ4v) is 10.7. The normalized spacial score (nSPS) is 14.9. The van der Waals surface area contributed by atoms with Gasteiger partial charge in [0.05, 0.1) is 5.60 Å². The highest BCUT2D eigenvalue weighted by Crippen LogP contribution is 2.43. The number of ketones is 1. The van der Waals surface area contributed by atoms with E-state index < -0.39 is 5.60 Å². The second-order valence-corrected chi connectivity index (χ2v) is 19.0. The van der Waals surface area contributed by atoms with E-state index >= 15 is 0 Å². The summed E-state index contributed by atoms with van der Waals surface area (Å²) in [5, 5.41) is 32.5. The summed E-state index contributed by atoms with van der Waals surface area (Å²) in [7, 11) is 1.74. The molecule has 11 heteroatoms. The van der Waals surface area contributed by atoms with Crippen LogP contribution in [0.4, 0.5) is 11.4 Å². The number of phenolic OH excluding ortho intramolecular Hbond substituents is 2. The molecule has 5 heterocycles. The van der Waals surface area contributed by atoms with Gasteiger partial charge in [-0.15, -0.1) is 11.3 Å². The van der Waals surface area contributed by atoms with Crippen molar-refractivity contribution in [3.05, 3.63) is 155 Å². The third kappa shape index (κ3) is 7.90. The van der Waals surface area contributed by atoms with Crippen molar-refractivity contribution in [3.8, 4) is 44.6 Å². The summed E-state index contributed by atoms with van der Waals surface area (Å²) in [6.45, 7) is 7.56. The summed E-state index contributed by atoms with van der Waals surface area (Å²) in [6, 6.07) is 35.9. The Bertz CT molecular complexity index is 3080. The summed E-state index contributed by atoms with van der Waals surface area (Å²) in [5.74, 6) is 2.94. The zero-order valence-corrected chi connectivity index (χ0v) is 36.9. The van der Waals surface area contributed by atoms with Crippen LogP contribution in [0.5, 0.6) is 23.0 Å². The van der Waals surface area contributed by atoms with Crippen molar-refractivity contribution in [1.29, 1.82) is 0 Å². The number of thiophene rings is 1. The molecule has 3 aromatic heterocycles. The maximum atomic E-state index is 14.1. The molecule has 2 fully saturated rings. The Morgan fingerprint density at radius 2 is 1.47 bits per heavy atom. The first-order valence-electron chi connectivity index (χ1n) is 21.9. The average Bonchev–Trinajstić information content (AvgIpc) is 3.93. The quantitative estimate of drug-likeness (QED) is 0.0945. The number of carbonyl (C=O) groups excluding carboxylic acids is 1. The van der Waals surface area contributed by atoms with Gasteiger partial charge in [0.25, 0.3) is 5.56 Å². The number of ether oxygens (including phenoxy) is 1. The molecule has 0 radical (unpaired) electrons. The van der Waals surface area contributed by atoms with E-state index in [0.29, 0.717) is 40.0 Å². The van der Waals surface area contributed by atoms with Crippen LogP contribution in [0.25, 0.3) is 42.6 Å². The number of pyridine rings is 1. The number of anilines is 2. The van der Waals surface area contributed by atoms with E-state index in [1.807, 2.05) is 72.9 Å². The van der Waals surface area contributed by atoms with Crippen molar-refractivity contribution < 1.29 is 24.9 Å². The van der Waals surface area contributed by atoms with E-state index in [1.165, 1.54) is 23.4 Å². The molecule has 0 atom stereocenters. The molecule has 8 aromatic rings. The second-order valence-electron chi connectivity index (χ2n) is 17.9. The Labute approximate surface area is 375 Å². The van der Waals surface area contributed by atoms with Crippen LogP contribution in [0.15, 0.2) is 132 Å². The number of hydrogen-bond acceptors (Lipinski definition) is 9. The zero-order valence-electron chi connectivity index (χ0n) is 36.0. The molecule has 10 nitrogen and oxygen atoms in total. The third-order valence-electron chi connectivity index (χ3n) is 13.1. The van der Waals surface area contributed by atoms with Gasteiger partial charge in [-0.25, -0.2) is 0 Å². The smallest absolute Gasteiger partial charge is 0.274 e. The number of phenols is 2. The lowest BCUT2D eigenvalue weighted by Gasteiger charge is -2.44. The van der Waals surface area contributed by atoms with E-state index in [1.54, 1.807) is 55.9 Å². The van der Waals surface area contributed by atoms with Gasteiger partial charge < -0.3 is 39.4 Å². The van der Waals surface area contributed by atoms with Crippen LogP contribution < -0.4 is 20.1 Å². The Morgan fingerprint density at radius 1 is 0.781 bits per heavy atom. The molecule has 0 unspecified atom stereocenters. The number of nitrogens with zero attached hydrogens (tertiary/aromatic N) is 3. The minimum Gasteiger partial charge on any atom is -0.508 e. The molecule has 2 saturated heterocycles. The minimum atomic E-state index is -1.06. The summed E-state index contributed by atoms with van der Waals surface area (Å²) >= 11 is 1.47. The third-order valence-corrected chi connectivity index (χ3v) is 14.3. The number of aryl methyl sites for hydroxylation is 1. The lowest BCUT2D eigenvalue weighted by Crippen LogP contribution is -2.48. The summed E-state index contributed by atoms with van der Waals surface area (Å²) < 4.78 is 8.92. The fourth-order valence-electron chi connectivity index (χ4n) is 9.47. The number of aromatic amines is 1. The fraction of sp³-hybridized carbons (Fsp3) is 0.245. The standard InChI is InChI=1S/C53H50N4O6S/c1-53(2,62)36-8-19-46(44(27-36)45-31-55(3)52(61)49-42(45)20-23-54-49)63-41-16-11-38(12-17-41)57-29-33(30-57)26-32-21-24-56(25-22-32)37-9-4-34(5-10-37)50(60)48-43-18-15-40(59)28-47(43)64-51(48)35-6-13-39(58)14-7-35/h4-20,23,27-28,31-33,54,58-59,62H,21-22,24-26,29-30H2,1-3H3. The summed E-state index contributed by atoms with van der Waals surface area (Å²) in [6.07, 6.45) is 7.09. The van der Waals surface area contributed by atoms with Crippen LogP contribution in [0.1, 0.15) is 54.6 Å². The van der Waals surface area contributed by atoms with Gasteiger partial charge in [-0.2, -0.15) is 0 Å². The SMILES string of the molecule is Cn1cc(-c2cc(C(C)(C)O)ccc2Oc2ccc(N3CC(CC4CCN(c5ccc(C(=O)c6c(-c7ccc(O)cc7)sc7cc(O)ccc67)cc5)CC4)C3)cc2)c2cc[nH]c2c1=O. The van der Waals surface area contributed by atoms with Gasteiger partial charge in [-0.1, -0.05) is 6.07 Å². The molecule has 0 bridgehead atoms. The zero-order chi connectivity index (χ0) is 44.3. The van der Waals surface area contributed by atoms with E-state index in [0.717, 1.165) is 87.3 Å². The Hall–Kier alpha value is -6.82. The minimum absolute atomic E-state index is 0.0646. The van der Waals surface area contributed by atoms with Crippen LogP contribution in [-0.2, 0) is 12.6 Å². The van der Waals surface area contributed by atoms with Gasteiger partial charge in [0, 0.05) is 99.6 Å². The highest BCUT2D eigenvalue weighted by Gasteiger charge is 2.31. The molecule has 0 spiro atoms. The van der Waals surface area contributed by atoms with Crippen molar-refractivity contribution in [3.63, 3.8) is 0 Å². The topological polar surface area (TPSA) is 131 Å². The number of piperidine rings is 1. The molecule has 0 aliphatic carbocycles. The largest absolute Gasteiger partial charge is 0.508 e. The lowest BCUT2D eigenvalue weighted by atomic mass is 9.83. The second kappa shape index (κ2) is 16.4. The number of carbonyl (C=O) groups is 1. The molecule has 10 rings (SSSR count). The first-order chi connectivity index (χ1) is 30.9. The van der Waals surface area contributed by atoms with Crippen LogP contribution >= 0.6 is 11.3 Å². The molecule has 4 N–H and O–H groups in total. The number of benzene rings is 5. The number of fused-ring (bicyclic) bond motifs is 2. The van der Waals surface area contributed by atoms with Gasteiger partial charge >= 0.3 is 0 Å². The molecular formula is C53H50N4O6S. The van der Waals surface area contributed by atoms with E-state index in [9.17, 15) is 24.9 Å². The van der Waals surface area contributed by atoms with E-state index in [2.05, 4.69) is 39.0 Å². The monoisotopic (exact) mass is 870 g/mol. The van der Waals surface area contributed by atoms with Crippen molar-refractivity contribution in [2.45, 2.75) is 38.7 Å². The number of nitrogens with one attached hydrogen (secondary N) is 1. The highest BCUT2D eigenvalue weighted by molar-refractivity contribution is 7.22. The van der Waals surface area contributed by atoms with E-state index in [-0.39, 0.29) is 22.8 Å². The Balaban J connectivity index is 0.747. The maximum Gasteiger partial charge on any atom is 0.274 e. The van der Waals surface area contributed by atoms with Gasteiger partial charge in [0.1, 0.15) is 28.5 Å². The van der Waals surface area contributed by atoms with Gasteiger partial charge in [-0.3, -0.25) is 9.59 Å². The lowest BCUT2D eigenvalue weighted by molar-refractivity contribution is 0.0786. The van der Waals surface area contributed by atoms with Gasteiger partial charge in [0.2, 0.25) is 0 Å². The van der Waals surface area contributed by atoms with Crippen LogP contribution in [0, 0.1) is 11.8 Å².